The van der Waals surface area contributed by atoms with Gasteiger partial charge in [0.1, 0.15) is 0 Å². The van der Waals surface area contributed by atoms with Crippen LogP contribution in [-0.4, -0.2) is 61.3 Å². The lowest BCUT2D eigenvalue weighted by Crippen LogP contribution is -2.45. The number of piperidine rings is 1. The van der Waals surface area contributed by atoms with Crippen LogP contribution in [0.5, 0.6) is 0 Å². The van der Waals surface area contributed by atoms with Gasteiger partial charge >= 0.3 is 0 Å². The number of anilines is 1. The first kappa shape index (κ1) is 15.3. The summed E-state index contributed by atoms with van der Waals surface area (Å²) in [5, 5.41) is 12.6. The van der Waals surface area contributed by atoms with E-state index >= 15 is 0 Å². The minimum atomic E-state index is -0.275. The maximum atomic E-state index is 12.0. The Morgan fingerprint density at radius 2 is 2.18 bits per heavy atom. The highest BCUT2D eigenvalue weighted by Gasteiger charge is 2.20. The lowest BCUT2D eigenvalue weighted by atomic mass is 10.1. The molecule has 1 aromatic carbocycles. The first-order valence-electron chi connectivity index (χ1n) is 8.22. The minimum absolute atomic E-state index is 0.0570. The van der Waals surface area contributed by atoms with Gasteiger partial charge in [0.25, 0.3) is 0 Å². The topological polar surface area (TPSA) is 55.8 Å². The van der Waals surface area contributed by atoms with Crippen LogP contribution in [0.25, 0.3) is 0 Å². The Hall–Kier alpha value is -1.59. The number of carbonyl (C=O) groups is 1. The summed E-state index contributed by atoms with van der Waals surface area (Å²) in [5.41, 5.74) is 2.70. The van der Waals surface area contributed by atoms with Gasteiger partial charge in [-0.1, -0.05) is 18.2 Å². The summed E-state index contributed by atoms with van der Waals surface area (Å²) in [6.07, 6.45) is 2.64. The highest BCUT2D eigenvalue weighted by molar-refractivity contribution is 5.78. The van der Waals surface area contributed by atoms with Crippen LogP contribution in [0.3, 0.4) is 0 Å². The van der Waals surface area contributed by atoms with Crippen LogP contribution in [-0.2, 0) is 11.2 Å². The van der Waals surface area contributed by atoms with Crippen LogP contribution in [0.15, 0.2) is 24.3 Å². The van der Waals surface area contributed by atoms with Crippen LogP contribution in [0.1, 0.15) is 18.4 Å². The molecule has 120 valence electrons. The Morgan fingerprint density at radius 3 is 3.05 bits per heavy atom. The molecule has 1 atom stereocenters. The second kappa shape index (κ2) is 7.11. The number of likely N-dealkylation sites (tertiary alicyclic amines) is 1. The third-order valence-electron chi connectivity index (χ3n) is 4.54. The lowest BCUT2D eigenvalue weighted by Gasteiger charge is -2.29. The monoisotopic (exact) mass is 303 g/mol. The molecule has 0 radical (unpaired) electrons. The number of benzene rings is 1. The summed E-state index contributed by atoms with van der Waals surface area (Å²) < 4.78 is 0. The Kier molecular flexibility index (Phi) is 4.95. The number of nitrogens with zero attached hydrogens (tertiary/aromatic N) is 2. The number of aliphatic hydroxyl groups is 1. The van der Waals surface area contributed by atoms with E-state index in [2.05, 4.69) is 34.5 Å². The van der Waals surface area contributed by atoms with Gasteiger partial charge in [-0.25, -0.2) is 0 Å². The molecule has 5 heteroatoms. The van der Waals surface area contributed by atoms with Crippen molar-refractivity contribution in [3.63, 3.8) is 0 Å². The molecule has 1 saturated heterocycles. The highest BCUT2D eigenvalue weighted by Crippen LogP contribution is 2.26. The van der Waals surface area contributed by atoms with E-state index in [4.69, 9.17) is 0 Å². The molecule has 2 aliphatic rings. The van der Waals surface area contributed by atoms with Crippen molar-refractivity contribution in [1.82, 2.24) is 10.2 Å². The molecular formula is C17H25N3O2. The van der Waals surface area contributed by atoms with E-state index in [9.17, 15) is 9.90 Å². The molecule has 0 aliphatic carbocycles. The van der Waals surface area contributed by atoms with Gasteiger partial charge in [0.2, 0.25) is 5.91 Å². The second-order valence-corrected chi connectivity index (χ2v) is 6.25. The smallest absolute Gasteiger partial charge is 0.234 e. The van der Waals surface area contributed by atoms with E-state index in [0.29, 0.717) is 19.6 Å². The van der Waals surface area contributed by atoms with Crippen LogP contribution < -0.4 is 10.2 Å². The number of carbonyl (C=O) groups excluding carboxylic acids is 1. The van der Waals surface area contributed by atoms with Crippen molar-refractivity contribution < 1.29 is 9.90 Å². The number of nitrogens with one attached hydrogen (secondary N) is 1. The van der Waals surface area contributed by atoms with Crippen molar-refractivity contribution in [3.05, 3.63) is 29.8 Å². The van der Waals surface area contributed by atoms with Gasteiger partial charge in [-0.3, -0.25) is 9.69 Å². The largest absolute Gasteiger partial charge is 0.392 e. The van der Waals surface area contributed by atoms with E-state index < -0.39 is 0 Å². The second-order valence-electron chi connectivity index (χ2n) is 6.25. The number of fused-ring (bicyclic) bond motifs is 1. The molecule has 0 bridgehead atoms. The molecule has 2 aliphatic heterocycles. The zero-order chi connectivity index (χ0) is 15.4. The Labute approximate surface area is 131 Å². The molecule has 3 rings (SSSR count). The van der Waals surface area contributed by atoms with E-state index in [0.717, 1.165) is 38.9 Å². The summed E-state index contributed by atoms with van der Waals surface area (Å²) in [4.78, 5) is 16.4. The van der Waals surface area contributed by atoms with Gasteiger partial charge in [0.05, 0.1) is 12.6 Å². The molecule has 1 fully saturated rings. The lowest BCUT2D eigenvalue weighted by molar-refractivity contribution is -0.122. The molecule has 2 heterocycles. The summed E-state index contributed by atoms with van der Waals surface area (Å²) in [6.45, 7) is 4.48. The first-order chi connectivity index (χ1) is 10.7. The van der Waals surface area contributed by atoms with Crippen molar-refractivity contribution in [2.75, 3.05) is 44.2 Å². The summed E-state index contributed by atoms with van der Waals surface area (Å²) >= 11 is 0. The van der Waals surface area contributed by atoms with Gasteiger partial charge < -0.3 is 15.3 Å². The average Bonchev–Trinajstić information content (AvgIpc) is 2.91. The molecule has 0 saturated carbocycles. The fourth-order valence-electron chi connectivity index (χ4n) is 3.40. The Morgan fingerprint density at radius 1 is 1.32 bits per heavy atom. The summed E-state index contributed by atoms with van der Waals surface area (Å²) in [5.74, 6) is 0.0570. The van der Waals surface area contributed by atoms with E-state index in [-0.39, 0.29) is 12.0 Å². The van der Waals surface area contributed by atoms with Crippen molar-refractivity contribution in [2.45, 2.75) is 25.4 Å². The van der Waals surface area contributed by atoms with Crippen molar-refractivity contribution in [2.24, 2.45) is 0 Å². The normalized spacial score (nSPS) is 21.7. The van der Waals surface area contributed by atoms with E-state index in [1.54, 1.807) is 0 Å². The molecule has 1 amide bonds. The van der Waals surface area contributed by atoms with Gasteiger partial charge in [-0.2, -0.15) is 0 Å². The molecule has 2 N–H and O–H groups in total. The molecule has 1 unspecified atom stereocenters. The maximum absolute atomic E-state index is 12.0. The molecule has 0 spiro atoms. The molecular weight excluding hydrogens is 278 g/mol. The van der Waals surface area contributed by atoms with Gasteiger partial charge in [-0.15, -0.1) is 0 Å². The predicted octanol–water partition coefficient (Wildman–Crippen LogP) is 0.622. The first-order valence-corrected chi connectivity index (χ1v) is 8.22. The maximum Gasteiger partial charge on any atom is 0.234 e. The Balaban J connectivity index is 1.39. The standard InChI is InChI=1S/C17H25N3O2/c21-15-5-3-9-19(12-15)13-17(22)18-8-11-20-10-7-14-4-1-2-6-16(14)20/h1-2,4,6,15,21H,3,5,7-13H2,(H,18,22). The van der Waals surface area contributed by atoms with Gasteiger partial charge in [-0.05, 0) is 37.4 Å². The number of hydrogen-bond donors (Lipinski definition) is 2. The number of β-amino-alcohol motifs (C(OH)–C–C–N with tert-alkyl or cyclic N) is 1. The van der Waals surface area contributed by atoms with E-state index in [1.165, 1.54) is 11.3 Å². The summed E-state index contributed by atoms with van der Waals surface area (Å²) in [7, 11) is 0. The van der Waals surface area contributed by atoms with Crippen LogP contribution in [0.2, 0.25) is 0 Å². The molecule has 22 heavy (non-hydrogen) atoms. The SMILES string of the molecule is O=C(CN1CCCC(O)C1)NCCN1CCc2ccccc21. The highest BCUT2D eigenvalue weighted by atomic mass is 16.3. The quantitative estimate of drug-likeness (QED) is 0.837. The zero-order valence-electron chi connectivity index (χ0n) is 13.0. The molecule has 5 nitrogen and oxygen atoms in total. The fraction of sp³-hybridized carbons (Fsp3) is 0.588. The average molecular weight is 303 g/mol. The zero-order valence-corrected chi connectivity index (χ0v) is 13.0. The number of para-hydroxylation sites is 1. The number of amides is 1. The van der Waals surface area contributed by atoms with Gasteiger partial charge in [0, 0.05) is 31.9 Å². The third kappa shape index (κ3) is 3.78. The fourth-order valence-corrected chi connectivity index (χ4v) is 3.40. The van der Waals surface area contributed by atoms with Crippen molar-refractivity contribution >= 4 is 11.6 Å². The number of aliphatic hydroxyl groups excluding tert-OH is 1. The summed E-state index contributed by atoms with van der Waals surface area (Å²) in [6, 6.07) is 8.48. The van der Waals surface area contributed by atoms with Crippen LogP contribution in [0.4, 0.5) is 5.69 Å². The number of hydrogen-bond acceptors (Lipinski definition) is 4. The van der Waals surface area contributed by atoms with Crippen LogP contribution >= 0.6 is 0 Å². The molecule has 1 aromatic rings. The van der Waals surface area contributed by atoms with Crippen molar-refractivity contribution in [3.8, 4) is 0 Å². The predicted molar refractivity (Wildman–Crippen MR) is 87.0 cm³/mol. The third-order valence-corrected chi connectivity index (χ3v) is 4.54. The van der Waals surface area contributed by atoms with Crippen molar-refractivity contribution in [1.29, 1.82) is 0 Å². The minimum Gasteiger partial charge on any atom is -0.392 e. The number of rotatable bonds is 5. The molecule has 0 aromatic heterocycles. The van der Waals surface area contributed by atoms with Gasteiger partial charge in [0.15, 0.2) is 0 Å². The van der Waals surface area contributed by atoms with Crippen LogP contribution in [0, 0.1) is 0 Å². The van der Waals surface area contributed by atoms with E-state index in [1.807, 2.05) is 4.90 Å². The Bertz CT molecular complexity index is 520.